The number of methoxy groups -OCH3 is 1. The molecule has 8 heteroatoms. The van der Waals surface area contributed by atoms with Gasteiger partial charge in [0.1, 0.15) is 5.75 Å². The van der Waals surface area contributed by atoms with E-state index in [1.807, 2.05) is 67.1 Å². The summed E-state index contributed by atoms with van der Waals surface area (Å²) in [4.78, 5) is 12.8. The number of carbonyl (C=O) groups excluding carboxylic acids is 1. The molecule has 0 unspecified atom stereocenters. The number of para-hydroxylation sites is 1. The number of carbonyl (C=O) groups is 1. The van der Waals surface area contributed by atoms with E-state index in [-0.39, 0.29) is 11.6 Å². The SMILES string of the molecule is COc1ccccc1-c1cc(C(=O)Nc2c(C)nn(Cc3ccccc3Cl)c2C)no1. The fourth-order valence-electron chi connectivity index (χ4n) is 3.35. The van der Waals surface area contributed by atoms with Gasteiger partial charge in [-0.1, -0.05) is 47.1 Å². The zero-order valence-corrected chi connectivity index (χ0v) is 18.1. The highest BCUT2D eigenvalue weighted by molar-refractivity contribution is 6.31. The van der Waals surface area contributed by atoms with Gasteiger partial charge in [0.2, 0.25) is 0 Å². The van der Waals surface area contributed by atoms with Crippen LogP contribution in [0.4, 0.5) is 5.69 Å². The van der Waals surface area contributed by atoms with Crippen molar-refractivity contribution in [2.45, 2.75) is 20.4 Å². The van der Waals surface area contributed by atoms with Crippen LogP contribution >= 0.6 is 11.6 Å². The maximum atomic E-state index is 12.8. The van der Waals surface area contributed by atoms with Gasteiger partial charge < -0.3 is 14.6 Å². The molecular weight excluding hydrogens is 416 g/mol. The van der Waals surface area contributed by atoms with Gasteiger partial charge in [-0.3, -0.25) is 9.48 Å². The third kappa shape index (κ3) is 4.18. The van der Waals surface area contributed by atoms with Crippen molar-refractivity contribution >= 4 is 23.2 Å². The van der Waals surface area contributed by atoms with E-state index >= 15 is 0 Å². The van der Waals surface area contributed by atoms with Crippen molar-refractivity contribution in [3.05, 3.63) is 82.3 Å². The number of ether oxygens (including phenoxy) is 1. The van der Waals surface area contributed by atoms with Crippen LogP contribution in [-0.2, 0) is 6.54 Å². The van der Waals surface area contributed by atoms with Crippen LogP contribution < -0.4 is 10.1 Å². The van der Waals surface area contributed by atoms with E-state index in [0.29, 0.717) is 34.5 Å². The Balaban J connectivity index is 1.55. The lowest BCUT2D eigenvalue weighted by Gasteiger charge is -2.07. The van der Waals surface area contributed by atoms with Gasteiger partial charge in [0.25, 0.3) is 5.91 Å². The highest BCUT2D eigenvalue weighted by Gasteiger charge is 2.20. The summed E-state index contributed by atoms with van der Waals surface area (Å²) in [6, 6.07) is 16.6. The zero-order chi connectivity index (χ0) is 22.0. The normalized spacial score (nSPS) is 10.8. The van der Waals surface area contributed by atoms with Crippen molar-refractivity contribution in [3.63, 3.8) is 0 Å². The van der Waals surface area contributed by atoms with Gasteiger partial charge in [-0.25, -0.2) is 0 Å². The first-order valence-corrected chi connectivity index (χ1v) is 10.0. The molecular formula is C23H21ClN4O3. The van der Waals surface area contributed by atoms with E-state index in [4.69, 9.17) is 20.9 Å². The van der Waals surface area contributed by atoms with Crippen LogP contribution in [0.5, 0.6) is 5.75 Å². The minimum absolute atomic E-state index is 0.165. The fraction of sp³-hybridized carbons (Fsp3) is 0.174. The van der Waals surface area contributed by atoms with E-state index in [1.54, 1.807) is 13.2 Å². The molecule has 1 N–H and O–H groups in total. The summed E-state index contributed by atoms with van der Waals surface area (Å²) in [5, 5.41) is 12.0. The minimum atomic E-state index is -0.381. The molecule has 0 aliphatic carbocycles. The number of nitrogens with zero attached hydrogens (tertiary/aromatic N) is 3. The number of aryl methyl sites for hydroxylation is 1. The Kier molecular flexibility index (Phi) is 5.77. The summed E-state index contributed by atoms with van der Waals surface area (Å²) in [5.41, 5.74) is 3.99. The summed E-state index contributed by atoms with van der Waals surface area (Å²) >= 11 is 6.27. The van der Waals surface area contributed by atoms with Crippen LogP contribution in [0.15, 0.2) is 59.1 Å². The molecule has 1 amide bonds. The van der Waals surface area contributed by atoms with E-state index in [2.05, 4.69) is 15.6 Å². The maximum absolute atomic E-state index is 12.8. The van der Waals surface area contributed by atoms with Gasteiger partial charge in [-0.05, 0) is 37.6 Å². The second-order valence-electron chi connectivity index (χ2n) is 7.03. The van der Waals surface area contributed by atoms with Gasteiger partial charge in [0, 0.05) is 11.1 Å². The third-order valence-electron chi connectivity index (χ3n) is 5.01. The smallest absolute Gasteiger partial charge is 0.277 e. The topological polar surface area (TPSA) is 82.2 Å². The first-order chi connectivity index (χ1) is 15.0. The van der Waals surface area contributed by atoms with E-state index < -0.39 is 0 Å². The number of hydrogen-bond donors (Lipinski definition) is 1. The Hall–Kier alpha value is -3.58. The van der Waals surface area contributed by atoms with E-state index in [0.717, 1.165) is 16.8 Å². The van der Waals surface area contributed by atoms with E-state index in [9.17, 15) is 4.79 Å². The predicted octanol–water partition coefficient (Wildman–Crippen LogP) is 5.12. The molecule has 2 heterocycles. The van der Waals surface area contributed by atoms with Gasteiger partial charge in [-0.15, -0.1) is 0 Å². The van der Waals surface area contributed by atoms with Crippen molar-refractivity contribution in [1.82, 2.24) is 14.9 Å². The fourth-order valence-corrected chi connectivity index (χ4v) is 3.55. The molecule has 158 valence electrons. The standard InChI is InChI=1S/C23H21ClN4O3/c1-14-22(15(2)28(26-14)13-16-8-4-6-10-18(16)24)25-23(29)19-12-21(31-27-19)17-9-5-7-11-20(17)30-3/h4-12H,13H2,1-3H3,(H,25,29). The molecule has 0 bridgehead atoms. The lowest BCUT2D eigenvalue weighted by atomic mass is 10.1. The summed E-state index contributed by atoms with van der Waals surface area (Å²) in [6.07, 6.45) is 0. The predicted molar refractivity (Wildman–Crippen MR) is 119 cm³/mol. The van der Waals surface area contributed by atoms with Crippen LogP contribution in [0.1, 0.15) is 27.4 Å². The molecule has 2 aromatic carbocycles. The lowest BCUT2D eigenvalue weighted by molar-refractivity contribution is 0.101. The van der Waals surface area contributed by atoms with Crippen molar-refractivity contribution < 1.29 is 14.1 Å². The summed E-state index contributed by atoms with van der Waals surface area (Å²) in [7, 11) is 1.58. The number of halogens is 1. The van der Waals surface area contributed by atoms with Crippen molar-refractivity contribution in [3.8, 4) is 17.1 Å². The molecule has 0 radical (unpaired) electrons. The summed E-state index contributed by atoms with van der Waals surface area (Å²) < 4.78 is 12.5. The zero-order valence-electron chi connectivity index (χ0n) is 17.3. The third-order valence-corrected chi connectivity index (χ3v) is 5.38. The number of hydrogen-bond acceptors (Lipinski definition) is 5. The molecule has 31 heavy (non-hydrogen) atoms. The van der Waals surface area contributed by atoms with Gasteiger partial charge in [0.05, 0.1) is 36.3 Å². The monoisotopic (exact) mass is 436 g/mol. The van der Waals surface area contributed by atoms with Crippen molar-refractivity contribution in [2.24, 2.45) is 0 Å². The molecule has 0 atom stereocenters. The van der Waals surface area contributed by atoms with Crippen LogP contribution in [0.2, 0.25) is 5.02 Å². The number of rotatable bonds is 6. The average molecular weight is 437 g/mol. The quantitative estimate of drug-likeness (QED) is 0.453. The van der Waals surface area contributed by atoms with Crippen molar-refractivity contribution in [1.29, 1.82) is 0 Å². The van der Waals surface area contributed by atoms with Crippen molar-refractivity contribution in [2.75, 3.05) is 12.4 Å². The highest BCUT2D eigenvalue weighted by Crippen LogP contribution is 2.30. The summed E-state index contributed by atoms with van der Waals surface area (Å²) in [6.45, 7) is 4.24. The molecule has 0 saturated heterocycles. The number of nitrogens with one attached hydrogen (secondary N) is 1. The molecule has 4 rings (SSSR count). The highest BCUT2D eigenvalue weighted by atomic mass is 35.5. The molecule has 4 aromatic rings. The number of amides is 1. The van der Waals surface area contributed by atoms with Gasteiger partial charge in [-0.2, -0.15) is 5.10 Å². The molecule has 0 aliphatic heterocycles. The van der Waals surface area contributed by atoms with Gasteiger partial charge in [0.15, 0.2) is 11.5 Å². The number of benzene rings is 2. The lowest BCUT2D eigenvalue weighted by Crippen LogP contribution is -2.13. The molecule has 0 saturated carbocycles. The molecule has 2 aromatic heterocycles. The van der Waals surface area contributed by atoms with Crippen LogP contribution in [0.25, 0.3) is 11.3 Å². The molecule has 0 aliphatic rings. The number of anilines is 1. The minimum Gasteiger partial charge on any atom is -0.496 e. The Bertz CT molecular complexity index is 1250. The first-order valence-electron chi connectivity index (χ1n) is 9.66. The first kappa shape index (κ1) is 20.7. The largest absolute Gasteiger partial charge is 0.496 e. The van der Waals surface area contributed by atoms with E-state index in [1.165, 1.54) is 0 Å². The molecule has 0 fully saturated rings. The molecule has 7 nitrogen and oxygen atoms in total. The Morgan fingerprint density at radius 2 is 1.90 bits per heavy atom. The van der Waals surface area contributed by atoms with Crippen LogP contribution in [0, 0.1) is 13.8 Å². The second-order valence-corrected chi connectivity index (χ2v) is 7.43. The van der Waals surface area contributed by atoms with Crippen LogP contribution in [-0.4, -0.2) is 28.0 Å². The number of aromatic nitrogens is 3. The Morgan fingerprint density at radius 1 is 1.16 bits per heavy atom. The van der Waals surface area contributed by atoms with Crippen LogP contribution in [0.3, 0.4) is 0 Å². The summed E-state index contributed by atoms with van der Waals surface area (Å²) in [5.74, 6) is 0.706. The maximum Gasteiger partial charge on any atom is 0.277 e. The average Bonchev–Trinajstić information content (AvgIpc) is 3.36. The Morgan fingerprint density at radius 3 is 2.68 bits per heavy atom. The van der Waals surface area contributed by atoms with Gasteiger partial charge >= 0.3 is 0 Å². The molecule has 0 spiro atoms. The Labute approximate surface area is 184 Å². The second kappa shape index (κ2) is 8.65.